The van der Waals surface area contributed by atoms with Crippen LogP contribution in [0.5, 0.6) is 11.5 Å². The fourth-order valence-corrected chi connectivity index (χ4v) is 5.05. The number of nitrogens with zero attached hydrogens (tertiary/aromatic N) is 2. The Hall–Kier alpha value is -3.27. The van der Waals surface area contributed by atoms with Crippen LogP contribution in [0.4, 0.5) is 5.69 Å². The lowest BCUT2D eigenvalue weighted by molar-refractivity contribution is -0.140. The topological polar surface area (TPSA) is 105 Å². The minimum absolute atomic E-state index is 0.0932. The van der Waals surface area contributed by atoms with Gasteiger partial charge in [-0.3, -0.25) is 13.9 Å². The molecule has 1 aliphatic heterocycles. The molecule has 10 heteroatoms. The normalized spacial score (nSPS) is 13.5. The molecular formula is C27H37N3O6S. The van der Waals surface area contributed by atoms with Gasteiger partial charge in [-0.25, -0.2) is 8.42 Å². The van der Waals surface area contributed by atoms with Gasteiger partial charge in [-0.15, -0.1) is 0 Å². The third-order valence-corrected chi connectivity index (χ3v) is 7.35. The number of sulfonamides is 1. The lowest BCUT2D eigenvalue weighted by atomic mass is 10.1. The van der Waals surface area contributed by atoms with Crippen LogP contribution in [0.1, 0.15) is 45.1 Å². The Labute approximate surface area is 219 Å². The second kappa shape index (κ2) is 13.3. The van der Waals surface area contributed by atoms with E-state index >= 15 is 0 Å². The van der Waals surface area contributed by atoms with Gasteiger partial charge in [-0.1, -0.05) is 43.7 Å². The number of unbranched alkanes of at least 4 members (excludes halogenated alkanes) is 1. The van der Waals surface area contributed by atoms with E-state index in [1.165, 1.54) is 4.31 Å². The molecular weight excluding hydrogens is 494 g/mol. The Balaban J connectivity index is 1.70. The predicted octanol–water partition coefficient (Wildman–Crippen LogP) is 3.34. The van der Waals surface area contributed by atoms with Crippen LogP contribution in [0.15, 0.2) is 48.5 Å². The van der Waals surface area contributed by atoms with Crippen LogP contribution in [0, 0.1) is 0 Å². The molecule has 2 aromatic rings. The van der Waals surface area contributed by atoms with Gasteiger partial charge in [0, 0.05) is 32.1 Å². The number of ether oxygens (including phenoxy) is 2. The number of carbonyl (C=O) groups is 2. The lowest BCUT2D eigenvalue weighted by Crippen LogP contribution is -2.47. The highest BCUT2D eigenvalue weighted by Gasteiger charge is 2.27. The number of nitrogens with one attached hydrogen (secondary N) is 1. The van der Waals surface area contributed by atoms with Gasteiger partial charge in [-0.2, -0.15) is 0 Å². The third kappa shape index (κ3) is 8.11. The van der Waals surface area contributed by atoms with Crippen molar-refractivity contribution in [1.29, 1.82) is 0 Å². The Kier molecular flexibility index (Phi) is 10.2. The molecule has 1 unspecified atom stereocenters. The quantitative estimate of drug-likeness (QED) is 0.398. The minimum atomic E-state index is -3.61. The summed E-state index contributed by atoms with van der Waals surface area (Å²) < 4.78 is 37.5. The van der Waals surface area contributed by atoms with Crippen molar-refractivity contribution in [1.82, 2.24) is 10.2 Å². The van der Waals surface area contributed by atoms with E-state index in [0.29, 0.717) is 43.5 Å². The first-order valence-electron chi connectivity index (χ1n) is 12.7. The molecule has 2 aromatic carbocycles. The van der Waals surface area contributed by atoms with Gasteiger partial charge >= 0.3 is 0 Å². The van der Waals surface area contributed by atoms with E-state index in [4.69, 9.17) is 9.47 Å². The highest BCUT2D eigenvalue weighted by Crippen LogP contribution is 2.34. The van der Waals surface area contributed by atoms with E-state index < -0.39 is 16.1 Å². The molecule has 1 heterocycles. The summed E-state index contributed by atoms with van der Waals surface area (Å²) in [5, 5.41) is 2.90. The summed E-state index contributed by atoms with van der Waals surface area (Å²) in [6.07, 6.45) is 3.34. The number of anilines is 1. The molecule has 1 atom stereocenters. The molecule has 1 N–H and O–H groups in total. The molecule has 2 amide bonds. The van der Waals surface area contributed by atoms with Crippen LogP contribution < -0.4 is 19.1 Å². The van der Waals surface area contributed by atoms with Gasteiger partial charge in [0.05, 0.1) is 11.9 Å². The zero-order chi connectivity index (χ0) is 26.8. The number of hydrogen-bond donors (Lipinski definition) is 1. The van der Waals surface area contributed by atoms with Crippen molar-refractivity contribution in [3.63, 3.8) is 0 Å². The second-order valence-electron chi connectivity index (χ2n) is 9.09. The van der Waals surface area contributed by atoms with E-state index in [2.05, 4.69) is 5.32 Å². The number of fused-ring (bicyclic) bond motifs is 1. The molecule has 0 bridgehead atoms. The summed E-state index contributed by atoms with van der Waals surface area (Å²) >= 11 is 0. The molecule has 202 valence electrons. The van der Waals surface area contributed by atoms with Gasteiger partial charge in [-0.05, 0) is 37.5 Å². The highest BCUT2D eigenvalue weighted by atomic mass is 32.2. The number of rotatable bonds is 13. The van der Waals surface area contributed by atoms with Crippen LogP contribution in [-0.4, -0.2) is 63.7 Å². The summed E-state index contributed by atoms with van der Waals surface area (Å²) in [5.74, 6) is 0.649. The average molecular weight is 532 g/mol. The Morgan fingerprint density at radius 1 is 1.03 bits per heavy atom. The Morgan fingerprint density at radius 3 is 2.41 bits per heavy atom. The Morgan fingerprint density at radius 2 is 1.73 bits per heavy atom. The highest BCUT2D eigenvalue weighted by molar-refractivity contribution is 7.92. The maximum absolute atomic E-state index is 13.3. The second-order valence-corrected chi connectivity index (χ2v) is 11.0. The van der Waals surface area contributed by atoms with Crippen molar-refractivity contribution in [3.05, 3.63) is 54.1 Å². The zero-order valence-corrected chi connectivity index (χ0v) is 22.6. The fourth-order valence-electron chi connectivity index (χ4n) is 4.09. The summed E-state index contributed by atoms with van der Waals surface area (Å²) in [6.45, 7) is 5.57. The van der Waals surface area contributed by atoms with E-state index in [9.17, 15) is 18.0 Å². The van der Waals surface area contributed by atoms with Crippen LogP contribution in [0.2, 0.25) is 0 Å². The standard InChI is InChI=1S/C27H37N3O6S/c1-4-5-15-28-27(32)21(2)29(20-22-10-7-6-8-11-22)26(31)12-9-16-30(37(3,33)34)23-13-14-24-25(19-23)36-18-17-35-24/h6-8,10-11,13-14,19,21H,4-5,9,12,15-18,20H2,1-3H3,(H,28,32). The predicted molar refractivity (Wildman–Crippen MR) is 143 cm³/mol. The van der Waals surface area contributed by atoms with Gasteiger partial charge in [0.15, 0.2) is 11.5 Å². The van der Waals surface area contributed by atoms with E-state index in [1.54, 1.807) is 30.0 Å². The van der Waals surface area contributed by atoms with Crippen LogP contribution in [0.3, 0.4) is 0 Å². The molecule has 3 rings (SSSR count). The minimum Gasteiger partial charge on any atom is -0.486 e. The van der Waals surface area contributed by atoms with Gasteiger partial charge in [0.2, 0.25) is 21.8 Å². The van der Waals surface area contributed by atoms with Gasteiger partial charge in [0.1, 0.15) is 19.3 Å². The molecule has 0 aromatic heterocycles. The van der Waals surface area contributed by atoms with Crippen molar-refractivity contribution in [2.75, 3.05) is 36.9 Å². The fraction of sp³-hybridized carbons (Fsp3) is 0.481. The first-order chi connectivity index (χ1) is 17.7. The number of hydrogen-bond acceptors (Lipinski definition) is 6. The molecule has 0 spiro atoms. The number of carbonyl (C=O) groups excluding carboxylic acids is 2. The SMILES string of the molecule is CCCCNC(=O)C(C)N(Cc1ccccc1)C(=O)CCCN(c1ccc2c(c1)OCCO2)S(C)(=O)=O. The lowest BCUT2D eigenvalue weighted by Gasteiger charge is -2.29. The largest absolute Gasteiger partial charge is 0.486 e. The average Bonchev–Trinajstić information content (AvgIpc) is 2.89. The maximum Gasteiger partial charge on any atom is 0.242 e. The first kappa shape index (κ1) is 28.3. The third-order valence-electron chi connectivity index (χ3n) is 6.16. The molecule has 37 heavy (non-hydrogen) atoms. The Bertz CT molecular complexity index is 1160. The van der Waals surface area contributed by atoms with Crippen molar-refractivity contribution < 1.29 is 27.5 Å². The van der Waals surface area contributed by atoms with E-state index in [0.717, 1.165) is 24.7 Å². The molecule has 0 fully saturated rings. The van der Waals surface area contributed by atoms with Gasteiger partial charge in [0.25, 0.3) is 0 Å². The number of benzene rings is 2. The van der Waals surface area contributed by atoms with E-state index in [1.807, 2.05) is 37.3 Å². The van der Waals surface area contributed by atoms with Crippen molar-refractivity contribution in [2.45, 2.75) is 52.1 Å². The van der Waals surface area contributed by atoms with Gasteiger partial charge < -0.3 is 19.7 Å². The smallest absolute Gasteiger partial charge is 0.242 e. The molecule has 0 radical (unpaired) electrons. The van der Waals surface area contributed by atoms with Crippen molar-refractivity contribution in [3.8, 4) is 11.5 Å². The van der Waals surface area contributed by atoms with Crippen molar-refractivity contribution >= 4 is 27.5 Å². The summed E-state index contributed by atoms with van der Waals surface area (Å²) in [7, 11) is -3.61. The number of amides is 2. The summed E-state index contributed by atoms with van der Waals surface area (Å²) in [6, 6.07) is 13.8. The molecule has 1 aliphatic rings. The monoisotopic (exact) mass is 531 g/mol. The summed E-state index contributed by atoms with van der Waals surface area (Å²) in [4.78, 5) is 27.6. The molecule has 0 aliphatic carbocycles. The van der Waals surface area contributed by atoms with E-state index in [-0.39, 0.29) is 31.2 Å². The maximum atomic E-state index is 13.3. The molecule has 0 saturated carbocycles. The zero-order valence-electron chi connectivity index (χ0n) is 21.8. The van der Waals surface area contributed by atoms with Crippen LogP contribution >= 0.6 is 0 Å². The van der Waals surface area contributed by atoms with Crippen LogP contribution in [0.25, 0.3) is 0 Å². The van der Waals surface area contributed by atoms with Crippen molar-refractivity contribution in [2.24, 2.45) is 0 Å². The summed E-state index contributed by atoms with van der Waals surface area (Å²) in [5.41, 5.74) is 1.36. The van der Waals surface area contributed by atoms with Crippen LogP contribution in [-0.2, 0) is 26.2 Å². The molecule has 0 saturated heterocycles. The molecule has 9 nitrogen and oxygen atoms in total. The first-order valence-corrected chi connectivity index (χ1v) is 14.5.